The summed E-state index contributed by atoms with van der Waals surface area (Å²) in [6.45, 7) is 12.4. The number of amides is 2. The Morgan fingerprint density at radius 2 is 1.87 bits per heavy atom. The van der Waals surface area contributed by atoms with Crippen molar-refractivity contribution < 1.29 is 24.2 Å². The quantitative estimate of drug-likeness (QED) is 0.146. The monoisotopic (exact) mass is 719 g/mol. The summed E-state index contributed by atoms with van der Waals surface area (Å²) in [6, 6.07) is 24.2. The SMILES string of the molecule is C=CCN1C(=O)[C@]2(O[C@H](CCn3cc(C(CO)c4ccccc4)nn3)[C@@H]([Si](C)(C)c3ccc(OC)cc3)[C@@H]2C)c2cc(N3CCCCC3=O)ccc21. The van der Waals surface area contributed by atoms with E-state index in [1.807, 2.05) is 76.4 Å². The molecule has 3 aliphatic rings. The van der Waals surface area contributed by atoms with Crippen LogP contribution < -0.4 is 19.7 Å². The van der Waals surface area contributed by atoms with Crippen LogP contribution in [0.15, 0.2) is 91.6 Å². The first-order chi connectivity index (χ1) is 25.1. The zero-order chi connectivity index (χ0) is 36.6. The van der Waals surface area contributed by atoms with E-state index in [4.69, 9.17) is 9.47 Å². The lowest BCUT2D eigenvalue weighted by Gasteiger charge is -2.37. The number of aryl methyl sites for hydroxylation is 1. The van der Waals surface area contributed by atoms with Crippen LogP contribution in [0.5, 0.6) is 5.75 Å². The van der Waals surface area contributed by atoms with Gasteiger partial charge in [-0.1, -0.05) is 79.0 Å². The van der Waals surface area contributed by atoms with Gasteiger partial charge >= 0.3 is 0 Å². The zero-order valence-electron chi connectivity index (χ0n) is 30.6. The zero-order valence-corrected chi connectivity index (χ0v) is 31.6. The van der Waals surface area contributed by atoms with Crippen LogP contribution in [-0.4, -0.2) is 72.9 Å². The molecule has 10 nitrogen and oxygen atoms in total. The number of aromatic nitrogens is 3. The van der Waals surface area contributed by atoms with E-state index in [-0.39, 0.29) is 41.9 Å². The van der Waals surface area contributed by atoms with Crippen LogP contribution in [0.3, 0.4) is 0 Å². The van der Waals surface area contributed by atoms with E-state index in [2.05, 4.69) is 49.0 Å². The van der Waals surface area contributed by atoms with Crippen molar-refractivity contribution in [2.75, 3.05) is 36.6 Å². The molecule has 272 valence electrons. The highest BCUT2D eigenvalue weighted by Gasteiger charge is 2.66. The molecule has 4 heterocycles. The molecule has 3 aliphatic heterocycles. The van der Waals surface area contributed by atoms with Crippen LogP contribution in [-0.2, 0) is 26.5 Å². The summed E-state index contributed by atoms with van der Waals surface area (Å²) in [5, 5.41) is 20.5. The number of benzene rings is 3. The molecule has 1 spiro atoms. The second kappa shape index (κ2) is 14.4. The van der Waals surface area contributed by atoms with Crippen LogP contribution in [0.1, 0.15) is 55.3 Å². The van der Waals surface area contributed by atoms with E-state index in [0.29, 0.717) is 38.2 Å². The number of rotatable bonds is 12. The van der Waals surface area contributed by atoms with Gasteiger partial charge in [0.2, 0.25) is 5.91 Å². The molecule has 4 aromatic rings. The Morgan fingerprint density at radius 3 is 2.56 bits per heavy atom. The van der Waals surface area contributed by atoms with E-state index in [1.165, 1.54) is 5.19 Å². The number of carbonyl (C=O) groups excluding carboxylic acids is 2. The molecule has 5 atom stereocenters. The van der Waals surface area contributed by atoms with E-state index in [0.717, 1.165) is 41.1 Å². The molecule has 52 heavy (non-hydrogen) atoms. The smallest absolute Gasteiger partial charge is 0.264 e. The van der Waals surface area contributed by atoms with Crippen LogP contribution in [0.4, 0.5) is 11.4 Å². The van der Waals surface area contributed by atoms with Crippen molar-refractivity contribution >= 4 is 36.4 Å². The molecule has 11 heteroatoms. The van der Waals surface area contributed by atoms with Gasteiger partial charge in [-0.05, 0) is 60.7 Å². The van der Waals surface area contributed by atoms with Gasteiger partial charge in [-0.15, -0.1) is 11.7 Å². The van der Waals surface area contributed by atoms with Crippen molar-refractivity contribution in [1.82, 2.24) is 15.0 Å². The number of hydrogen-bond donors (Lipinski definition) is 1. The minimum atomic E-state index is -2.37. The number of ether oxygens (including phenoxy) is 2. The third-order valence-corrected chi connectivity index (χ3v) is 16.1. The Balaban J connectivity index is 1.28. The van der Waals surface area contributed by atoms with Gasteiger partial charge < -0.3 is 24.4 Å². The third-order valence-electron chi connectivity index (χ3n) is 11.7. The van der Waals surface area contributed by atoms with Crippen molar-refractivity contribution in [3.63, 3.8) is 0 Å². The highest BCUT2D eigenvalue weighted by atomic mass is 28.3. The lowest BCUT2D eigenvalue weighted by Crippen LogP contribution is -2.52. The Hall–Kier alpha value is -4.58. The molecular formula is C41H49N5O5Si. The van der Waals surface area contributed by atoms with Crippen LogP contribution >= 0.6 is 0 Å². The summed E-state index contributed by atoms with van der Waals surface area (Å²) in [7, 11) is -0.692. The molecule has 2 saturated heterocycles. The summed E-state index contributed by atoms with van der Waals surface area (Å²) < 4.78 is 14.6. The van der Waals surface area contributed by atoms with Gasteiger partial charge in [0.15, 0.2) is 5.60 Å². The molecule has 3 aromatic carbocycles. The van der Waals surface area contributed by atoms with E-state index in [1.54, 1.807) is 18.1 Å². The fourth-order valence-corrected chi connectivity index (χ4v) is 13.1. The lowest BCUT2D eigenvalue weighted by molar-refractivity contribution is -0.145. The van der Waals surface area contributed by atoms with Gasteiger partial charge in [0.1, 0.15) is 5.75 Å². The maximum atomic E-state index is 14.9. The van der Waals surface area contributed by atoms with Crippen LogP contribution in [0.2, 0.25) is 18.6 Å². The van der Waals surface area contributed by atoms with Gasteiger partial charge in [-0.2, -0.15) is 0 Å². The fraction of sp³-hybridized carbons (Fsp3) is 0.415. The minimum Gasteiger partial charge on any atom is -0.497 e. The lowest BCUT2D eigenvalue weighted by atomic mass is 9.82. The van der Waals surface area contributed by atoms with Crippen molar-refractivity contribution in [2.24, 2.45) is 5.92 Å². The van der Waals surface area contributed by atoms with Crippen molar-refractivity contribution in [1.29, 1.82) is 0 Å². The summed E-state index contributed by atoms with van der Waals surface area (Å²) in [4.78, 5) is 31.7. The fourth-order valence-electron chi connectivity index (χ4n) is 9.03. The molecule has 1 unspecified atom stereocenters. The number of fused-ring (bicyclic) bond motifs is 2. The predicted molar refractivity (Wildman–Crippen MR) is 205 cm³/mol. The van der Waals surface area contributed by atoms with Crippen molar-refractivity contribution in [2.45, 2.75) is 75.4 Å². The molecule has 0 bridgehead atoms. The van der Waals surface area contributed by atoms with Gasteiger partial charge in [0.25, 0.3) is 5.91 Å². The third kappa shape index (κ3) is 6.08. The Morgan fingerprint density at radius 1 is 1.10 bits per heavy atom. The number of anilines is 2. The minimum absolute atomic E-state index is 0.0409. The number of aliphatic hydroxyl groups excluding tert-OH is 1. The molecule has 1 aromatic heterocycles. The Labute approximate surface area is 307 Å². The summed E-state index contributed by atoms with van der Waals surface area (Å²) >= 11 is 0. The first-order valence-electron chi connectivity index (χ1n) is 18.4. The molecule has 7 rings (SSSR count). The van der Waals surface area contributed by atoms with E-state index >= 15 is 0 Å². The number of methoxy groups -OCH3 is 1. The second-order valence-corrected chi connectivity index (χ2v) is 19.6. The predicted octanol–water partition coefficient (Wildman–Crippen LogP) is 5.77. The highest BCUT2D eigenvalue weighted by molar-refractivity contribution is 6.91. The average molecular weight is 720 g/mol. The number of carbonyl (C=O) groups is 2. The average Bonchev–Trinajstić information content (AvgIpc) is 3.82. The normalized spacial score (nSPS) is 23.7. The molecule has 1 N–H and O–H groups in total. The summed E-state index contributed by atoms with van der Waals surface area (Å²) in [5.74, 6) is 0.369. The molecule has 2 amide bonds. The molecule has 0 radical (unpaired) electrons. The number of piperidine rings is 1. The van der Waals surface area contributed by atoms with E-state index < -0.39 is 13.7 Å². The molecule has 2 fully saturated rings. The standard InChI is InChI=1S/C41H49N5O5Si/c1-6-22-46-36-20-15-30(45-23-11-10-14-38(45)48)25-34(36)41(40(46)49)28(2)39(52(4,5)32-18-16-31(50-3)17-19-32)37(51-41)21-24-44-26-35(42-43-44)33(27-47)29-12-8-7-9-13-29/h6-9,12-13,15-20,25-26,28,33,37,39,47H,1,10-11,14,21-24,27H2,2-5H3/t28-,33?,37+,39-,41+/m0/s1. The van der Waals surface area contributed by atoms with E-state index in [9.17, 15) is 14.7 Å². The number of hydrogen-bond acceptors (Lipinski definition) is 7. The molecule has 0 saturated carbocycles. The van der Waals surface area contributed by atoms with Gasteiger partial charge in [-0.25, -0.2) is 0 Å². The second-order valence-electron chi connectivity index (χ2n) is 14.9. The first kappa shape index (κ1) is 35.8. The maximum absolute atomic E-state index is 14.9. The largest absolute Gasteiger partial charge is 0.497 e. The Bertz CT molecular complexity index is 1930. The van der Waals surface area contributed by atoms with Crippen molar-refractivity contribution in [3.8, 4) is 5.75 Å². The maximum Gasteiger partial charge on any atom is 0.264 e. The van der Waals surface area contributed by atoms with Gasteiger partial charge in [-0.3, -0.25) is 14.3 Å². The topological polar surface area (TPSA) is 110 Å². The van der Waals surface area contributed by atoms with Gasteiger partial charge in [0, 0.05) is 49.4 Å². The number of nitrogens with zero attached hydrogens (tertiary/aromatic N) is 5. The van der Waals surface area contributed by atoms with Gasteiger partial charge in [0.05, 0.1) is 45.2 Å². The highest BCUT2D eigenvalue weighted by Crippen LogP contribution is 2.60. The summed E-state index contributed by atoms with van der Waals surface area (Å²) in [5.41, 5.74) is 2.94. The van der Waals surface area contributed by atoms with Crippen LogP contribution in [0, 0.1) is 5.92 Å². The van der Waals surface area contributed by atoms with Crippen LogP contribution in [0.25, 0.3) is 0 Å². The molecular weight excluding hydrogens is 671 g/mol. The summed E-state index contributed by atoms with van der Waals surface area (Å²) in [6.07, 6.45) is 6.35. The first-order valence-corrected chi connectivity index (χ1v) is 21.5. The molecule has 0 aliphatic carbocycles. The Kier molecular flexibility index (Phi) is 9.95. The number of aliphatic hydroxyl groups is 1. The van der Waals surface area contributed by atoms with Crippen molar-refractivity contribution in [3.05, 3.63) is 108 Å².